The van der Waals surface area contributed by atoms with E-state index < -0.39 is 6.10 Å². The van der Waals surface area contributed by atoms with E-state index in [1.54, 1.807) is 22.7 Å². The highest BCUT2D eigenvalue weighted by Crippen LogP contribution is 2.21. The van der Waals surface area contributed by atoms with Gasteiger partial charge in [-0.15, -0.1) is 22.7 Å². The van der Waals surface area contributed by atoms with E-state index in [2.05, 4.69) is 15.3 Å². The molecule has 1 N–H and O–H groups in total. The molecule has 1 aromatic carbocycles. The molecule has 0 fully saturated rings. The predicted molar refractivity (Wildman–Crippen MR) is 86.9 cm³/mol. The Morgan fingerprint density at radius 3 is 2.52 bits per heavy atom. The largest absolute Gasteiger partial charge is 0.388 e. The van der Waals surface area contributed by atoms with Crippen LogP contribution in [0.3, 0.4) is 0 Å². The summed E-state index contributed by atoms with van der Waals surface area (Å²) in [4.78, 5) is 9.06. The van der Waals surface area contributed by atoms with E-state index >= 15 is 0 Å². The van der Waals surface area contributed by atoms with Crippen molar-refractivity contribution in [2.45, 2.75) is 25.9 Å². The van der Waals surface area contributed by atoms with Gasteiger partial charge in [0.15, 0.2) is 0 Å². The van der Waals surface area contributed by atoms with Crippen molar-refractivity contribution in [1.29, 1.82) is 0 Å². The number of hydrogen-bond donors (Lipinski definition) is 1. The molecule has 0 saturated carbocycles. The molecule has 1 atom stereocenters. The van der Waals surface area contributed by atoms with E-state index in [1.807, 2.05) is 42.6 Å². The van der Waals surface area contributed by atoms with Crippen molar-refractivity contribution in [3.8, 4) is 0 Å². The quantitative estimate of drug-likeness (QED) is 0.779. The van der Waals surface area contributed by atoms with Gasteiger partial charge in [-0.1, -0.05) is 30.3 Å². The first-order valence-corrected chi connectivity index (χ1v) is 8.54. The third kappa shape index (κ3) is 3.75. The molecule has 0 aliphatic rings. The zero-order valence-corrected chi connectivity index (χ0v) is 13.3. The number of nitrogens with zero attached hydrogens (tertiary/aromatic N) is 2. The van der Waals surface area contributed by atoms with Crippen molar-refractivity contribution in [3.05, 3.63) is 68.1 Å². The van der Waals surface area contributed by atoms with Gasteiger partial charge in [0.05, 0.1) is 27.5 Å². The second-order valence-electron chi connectivity index (χ2n) is 4.90. The first kappa shape index (κ1) is 14.4. The van der Waals surface area contributed by atoms with E-state index in [0.717, 1.165) is 33.4 Å². The predicted octanol–water partition coefficient (Wildman–Crippen LogP) is 3.77. The summed E-state index contributed by atoms with van der Waals surface area (Å²) in [6.07, 6.45) is 0.829. The van der Waals surface area contributed by atoms with Crippen LogP contribution >= 0.6 is 22.7 Å². The number of aliphatic hydroxyl groups is 1. The SMILES string of the molecule is Cc1nc(Cc2nc(CC(O)c3ccccc3)cs2)cs1. The molecule has 0 radical (unpaired) electrons. The average Bonchev–Trinajstić information content (AvgIpc) is 3.09. The molecule has 0 aliphatic heterocycles. The van der Waals surface area contributed by atoms with Crippen LogP contribution in [0.15, 0.2) is 41.1 Å². The van der Waals surface area contributed by atoms with Gasteiger partial charge in [0, 0.05) is 23.6 Å². The van der Waals surface area contributed by atoms with E-state index in [1.165, 1.54) is 0 Å². The summed E-state index contributed by atoms with van der Waals surface area (Å²) in [5.41, 5.74) is 2.95. The van der Waals surface area contributed by atoms with Crippen molar-refractivity contribution in [2.24, 2.45) is 0 Å². The molecule has 108 valence electrons. The van der Waals surface area contributed by atoms with E-state index in [0.29, 0.717) is 6.42 Å². The molecule has 0 spiro atoms. The smallest absolute Gasteiger partial charge is 0.0988 e. The van der Waals surface area contributed by atoms with Crippen molar-refractivity contribution in [3.63, 3.8) is 0 Å². The van der Waals surface area contributed by atoms with Gasteiger partial charge in [-0.3, -0.25) is 0 Å². The lowest BCUT2D eigenvalue weighted by molar-refractivity contribution is 0.177. The Morgan fingerprint density at radius 2 is 1.81 bits per heavy atom. The number of rotatable bonds is 5. The van der Waals surface area contributed by atoms with Crippen LogP contribution < -0.4 is 0 Å². The van der Waals surface area contributed by atoms with Crippen LogP contribution in [0.5, 0.6) is 0 Å². The third-order valence-electron chi connectivity index (χ3n) is 3.19. The lowest BCUT2D eigenvalue weighted by Crippen LogP contribution is -2.02. The minimum atomic E-state index is -0.498. The van der Waals surface area contributed by atoms with Crippen LogP contribution in [0.4, 0.5) is 0 Å². The Labute approximate surface area is 132 Å². The zero-order valence-electron chi connectivity index (χ0n) is 11.7. The van der Waals surface area contributed by atoms with Gasteiger partial charge < -0.3 is 5.11 Å². The molecule has 2 aromatic heterocycles. The molecule has 5 heteroatoms. The standard InChI is InChI=1S/C16H16N2OS2/c1-11-17-14(9-20-11)8-16-18-13(10-21-16)7-15(19)12-5-3-2-4-6-12/h2-6,9-10,15,19H,7-8H2,1H3. The van der Waals surface area contributed by atoms with Gasteiger partial charge in [0.1, 0.15) is 0 Å². The van der Waals surface area contributed by atoms with Crippen LogP contribution in [0.25, 0.3) is 0 Å². The monoisotopic (exact) mass is 316 g/mol. The van der Waals surface area contributed by atoms with Crippen LogP contribution in [0, 0.1) is 6.92 Å². The van der Waals surface area contributed by atoms with Crippen molar-refractivity contribution < 1.29 is 5.11 Å². The molecule has 2 heterocycles. The number of aryl methyl sites for hydroxylation is 1. The Balaban J connectivity index is 1.65. The molecule has 0 aliphatic carbocycles. The molecule has 0 amide bonds. The fraction of sp³-hybridized carbons (Fsp3) is 0.250. The van der Waals surface area contributed by atoms with Gasteiger partial charge in [-0.25, -0.2) is 9.97 Å². The molecule has 1 unspecified atom stereocenters. The lowest BCUT2D eigenvalue weighted by Gasteiger charge is -2.08. The maximum Gasteiger partial charge on any atom is 0.0988 e. The van der Waals surface area contributed by atoms with Crippen LogP contribution in [-0.4, -0.2) is 15.1 Å². The Bertz CT molecular complexity index is 706. The van der Waals surface area contributed by atoms with E-state index in [-0.39, 0.29) is 0 Å². The first-order chi connectivity index (χ1) is 10.2. The maximum absolute atomic E-state index is 10.2. The summed E-state index contributed by atoms with van der Waals surface area (Å²) in [5.74, 6) is 0. The van der Waals surface area contributed by atoms with Crippen molar-refractivity contribution in [2.75, 3.05) is 0 Å². The summed E-state index contributed by atoms with van der Waals surface area (Å²) in [7, 11) is 0. The van der Waals surface area contributed by atoms with Gasteiger partial charge in [-0.2, -0.15) is 0 Å². The van der Waals surface area contributed by atoms with Gasteiger partial charge in [0.25, 0.3) is 0 Å². The number of aliphatic hydroxyl groups excluding tert-OH is 1. The molecule has 3 rings (SSSR count). The molecule has 3 aromatic rings. The minimum Gasteiger partial charge on any atom is -0.388 e. The summed E-state index contributed by atoms with van der Waals surface area (Å²) in [5, 5.41) is 16.5. The number of thiazole rings is 2. The Morgan fingerprint density at radius 1 is 1.05 bits per heavy atom. The van der Waals surface area contributed by atoms with Crippen molar-refractivity contribution in [1.82, 2.24) is 9.97 Å². The third-order valence-corrected chi connectivity index (χ3v) is 4.91. The molecular formula is C16H16N2OS2. The highest BCUT2D eigenvalue weighted by molar-refractivity contribution is 7.10. The van der Waals surface area contributed by atoms with Gasteiger partial charge in [-0.05, 0) is 12.5 Å². The number of benzene rings is 1. The van der Waals surface area contributed by atoms with Crippen molar-refractivity contribution >= 4 is 22.7 Å². The highest BCUT2D eigenvalue weighted by atomic mass is 32.1. The Hall–Kier alpha value is -1.56. The van der Waals surface area contributed by atoms with Crippen LogP contribution in [0.1, 0.15) is 33.1 Å². The van der Waals surface area contributed by atoms with E-state index in [4.69, 9.17) is 0 Å². The fourth-order valence-corrected chi connectivity index (χ4v) is 3.59. The minimum absolute atomic E-state index is 0.498. The second-order valence-corrected chi connectivity index (χ2v) is 6.90. The summed E-state index contributed by atoms with van der Waals surface area (Å²) < 4.78 is 0. The van der Waals surface area contributed by atoms with Gasteiger partial charge in [0.2, 0.25) is 0 Å². The number of hydrogen-bond acceptors (Lipinski definition) is 5. The summed E-state index contributed by atoms with van der Waals surface area (Å²) in [6, 6.07) is 9.71. The van der Waals surface area contributed by atoms with Gasteiger partial charge >= 0.3 is 0 Å². The molecule has 21 heavy (non-hydrogen) atoms. The molecule has 0 saturated heterocycles. The van der Waals surface area contributed by atoms with Crippen LogP contribution in [0.2, 0.25) is 0 Å². The molecule has 3 nitrogen and oxygen atoms in total. The van der Waals surface area contributed by atoms with E-state index in [9.17, 15) is 5.11 Å². The first-order valence-electron chi connectivity index (χ1n) is 6.78. The molecular weight excluding hydrogens is 300 g/mol. The summed E-state index contributed by atoms with van der Waals surface area (Å²) >= 11 is 3.30. The zero-order chi connectivity index (χ0) is 14.7. The maximum atomic E-state index is 10.2. The summed E-state index contributed by atoms with van der Waals surface area (Å²) in [6.45, 7) is 2.01. The molecule has 0 bridgehead atoms. The lowest BCUT2D eigenvalue weighted by atomic mass is 10.1. The van der Waals surface area contributed by atoms with Crippen LogP contribution in [-0.2, 0) is 12.8 Å². The topological polar surface area (TPSA) is 46.0 Å². The highest BCUT2D eigenvalue weighted by Gasteiger charge is 2.11. The average molecular weight is 316 g/mol. The normalized spacial score (nSPS) is 12.5. The second kappa shape index (κ2) is 6.47. The fourth-order valence-electron chi connectivity index (χ4n) is 2.16. The Kier molecular flexibility index (Phi) is 4.43. The number of aromatic nitrogens is 2.